The van der Waals surface area contributed by atoms with Crippen LogP contribution in [0.5, 0.6) is 5.75 Å². The molecular weight excluding hydrogens is 497 g/mol. The van der Waals surface area contributed by atoms with Crippen LogP contribution in [0.3, 0.4) is 0 Å². The molecule has 0 unspecified atom stereocenters. The number of piperazine rings is 1. The van der Waals surface area contributed by atoms with Crippen LogP contribution in [0.4, 0.5) is 0 Å². The predicted octanol–water partition coefficient (Wildman–Crippen LogP) is 6.10. The number of hydrogen-bond donors (Lipinski definition) is 1. The summed E-state index contributed by atoms with van der Waals surface area (Å²) in [5, 5.41) is 5.04. The first-order valence-corrected chi connectivity index (χ1v) is 13.5. The zero-order chi connectivity index (χ0) is 25.5. The summed E-state index contributed by atoms with van der Waals surface area (Å²) in [5.41, 5.74) is 2.74. The fourth-order valence-corrected chi connectivity index (χ4v) is 4.83. The zero-order valence-electron chi connectivity index (χ0n) is 21.1. The van der Waals surface area contributed by atoms with Crippen molar-refractivity contribution >= 4 is 40.1 Å². The van der Waals surface area contributed by atoms with Crippen LogP contribution in [0.2, 0.25) is 10.0 Å². The third kappa shape index (κ3) is 7.39. The Morgan fingerprint density at radius 2 is 1.78 bits per heavy atom. The monoisotopic (exact) mass is 531 g/mol. The fraction of sp³-hybridized carbons (Fsp3) is 0.464. The van der Waals surface area contributed by atoms with Crippen molar-refractivity contribution in [3.8, 4) is 16.9 Å². The van der Waals surface area contributed by atoms with Crippen LogP contribution in [0.1, 0.15) is 33.1 Å². The van der Waals surface area contributed by atoms with E-state index in [0.29, 0.717) is 23.2 Å². The molecule has 2 heterocycles. The summed E-state index contributed by atoms with van der Waals surface area (Å²) in [6.45, 7) is 10.2. The molecule has 0 bridgehead atoms. The van der Waals surface area contributed by atoms with E-state index in [1.165, 1.54) is 0 Å². The van der Waals surface area contributed by atoms with E-state index in [-0.39, 0.29) is 11.9 Å². The minimum atomic E-state index is 0.122. The first-order chi connectivity index (χ1) is 17.4. The molecule has 0 aliphatic carbocycles. The number of halogens is 2. The molecule has 1 N–H and O–H groups in total. The van der Waals surface area contributed by atoms with E-state index in [2.05, 4.69) is 15.1 Å². The molecule has 1 aliphatic heterocycles. The summed E-state index contributed by atoms with van der Waals surface area (Å²) in [7, 11) is 0. The third-order valence-electron chi connectivity index (χ3n) is 6.45. The van der Waals surface area contributed by atoms with Gasteiger partial charge < -0.3 is 19.4 Å². The summed E-state index contributed by atoms with van der Waals surface area (Å²) in [5.74, 6) is 0.937. The summed E-state index contributed by atoms with van der Waals surface area (Å²) >= 11 is 12.2. The van der Waals surface area contributed by atoms with E-state index in [1.807, 2.05) is 44.2 Å². The fourth-order valence-electron chi connectivity index (χ4n) is 4.53. The number of hydrogen-bond acceptors (Lipinski definition) is 5. The number of nitrogens with zero attached hydrogens (tertiary/aromatic N) is 2. The number of benzene rings is 2. The Morgan fingerprint density at radius 1 is 1.00 bits per heavy atom. The lowest BCUT2D eigenvalue weighted by molar-refractivity contribution is -0.123. The number of furan rings is 1. The molecular formula is C28H35Cl2N3O3. The summed E-state index contributed by atoms with van der Waals surface area (Å²) < 4.78 is 11.8. The maximum Gasteiger partial charge on any atom is 0.234 e. The largest absolute Gasteiger partial charge is 0.493 e. The normalized spacial score (nSPS) is 15.0. The lowest BCUT2D eigenvalue weighted by Crippen LogP contribution is -2.50. The number of nitrogens with one attached hydrogen (secondary N) is 1. The summed E-state index contributed by atoms with van der Waals surface area (Å²) in [4.78, 5) is 16.7. The smallest absolute Gasteiger partial charge is 0.234 e. The van der Waals surface area contributed by atoms with Crippen molar-refractivity contribution in [2.24, 2.45) is 0 Å². The molecule has 8 heteroatoms. The van der Waals surface area contributed by atoms with Gasteiger partial charge in [-0.05, 0) is 69.5 Å². The molecule has 36 heavy (non-hydrogen) atoms. The molecule has 1 aromatic heterocycles. The Labute approximate surface area is 223 Å². The van der Waals surface area contributed by atoms with Gasteiger partial charge >= 0.3 is 0 Å². The van der Waals surface area contributed by atoms with Gasteiger partial charge in [-0.1, -0.05) is 29.3 Å². The Balaban J connectivity index is 1.14. The zero-order valence-corrected chi connectivity index (χ0v) is 22.6. The van der Waals surface area contributed by atoms with E-state index in [1.54, 1.807) is 12.3 Å². The number of carbonyl (C=O) groups excluding carboxylic acids is 1. The molecule has 1 fully saturated rings. The van der Waals surface area contributed by atoms with Crippen LogP contribution >= 0.6 is 23.2 Å². The van der Waals surface area contributed by atoms with E-state index in [4.69, 9.17) is 32.4 Å². The molecule has 0 atom stereocenters. The van der Waals surface area contributed by atoms with Crippen molar-refractivity contribution in [1.29, 1.82) is 0 Å². The molecule has 1 amide bonds. The van der Waals surface area contributed by atoms with Gasteiger partial charge in [0.15, 0.2) is 0 Å². The minimum Gasteiger partial charge on any atom is -0.493 e. The summed E-state index contributed by atoms with van der Waals surface area (Å²) in [6, 6.07) is 11.7. The highest BCUT2D eigenvalue weighted by molar-refractivity contribution is 6.42. The molecule has 194 valence electrons. The van der Waals surface area contributed by atoms with Crippen LogP contribution in [0.15, 0.2) is 47.1 Å². The first-order valence-electron chi connectivity index (χ1n) is 12.7. The van der Waals surface area contributed by atoms with Gasteiger partial charge in [0, 0.05) is 49.2 Å². The minimum absolute atomic E-state index is 0.122. The van der Waals surface area contributed by atoms with Crippen LogP contribution in [0, 0.1) is 0 Å². The Kier molecular flexibility index (Phi) is 9.54. The van der Waals surface area contributed by atoms with Crippen LogP contribution in [0.25, 0.3) is 22.1 Å². The third-order valence-corrected chi connectivity index (χ3v) is 7.19. The second-order valence-corrected chi connectivity index (χ2v) is 10.5. The quantitative estimate of drug-likeness (QED) is 0.303. The van der Waals surface area contributed by atoms with E-state index in [9.17, 15) is 4.79 Å². The first kappa shape index (κ1) is 26.8. The van der Waals surface area contributed by atoms with E-state index >= 15 is 0 Å². The second kappa shape index (κ2) is 12.8. The second-order valence-electron chi connectivity index (χ2n) is 9.69. The van der Waals surface area contributed by atoms with Gasteiger partial charge in [-0.3, -0.25) is 9.69 Å². The van der Waals surface area contributed by atoms with Crippen molar-refractivity contribution < 1.29 is 13.9 Å². The van der Waals surface area contributed by atoms with Gasteiger partial charge in [-0.25, -0.2) is 0 Å². The van der Waals surface area contributed by atoms with Gasteiger partial charge in [0.05, 0.1) is 29.5 Å². The SMILES string of the molecule is CC(C)NC(=O)CN1CCN(CCCCCOc2ccc3c(-c4ccc(Cl)c(Cl)c4)coc3c2)CC1. The number of fused-ring (bicyclic) bond motifs is 1. The number of ether oxygens (including phenoxy) is 1. The Morgan fingerprint density at radius 3 is 2.53 bits per heavy atom. The topological polar surface area (TPSA) is 58.0 Å². The molecule has 1 saturated heterocycles. The molecule has 2 aromatic carbocycles. The van der Waals surface area contributed by atoms with E-state index in [0.717, 1.165) is 79.8 Å². The van der Waals surface area contributed by atoms with Crippen molar-refractivity contribution in [3.05, 3.63) is 52.7 Å². The molecule has 0 saturated carbocycles. The molecule has 0 spiro atoms. The molecule has 1 aliphatic rings. The maximum atomic E-state index is 11.9. The lowest BCUT2D eigenvalue weighted by atomic mass is 10.0. The predicted molar refractivity (Wildman–Crippen MR) is 147 cm³/mol. The molecule has 6 nitrogen and oxygen atoms in total. The van der Waals surface area contributed by atoms with Gasteiger partial charge in [0.2, 0.25) is 5.91 Å². The Bertz CT molecular complexity index is 1160. The van der Waals surface area contributed by atoms with Gasteiger partial charge in [0.1, 0.15) is 11.3 Å². The molecule has 0 radical (unpaired) electrons. The average Bonchev–Trinajstić information content (AvgIpc) is 3.27. The highest BCUT2D eigenvalue weighted by atomic mass is 35.5. The van der Waals surface area contributed by atoms with E-state index < -0.39 is 0 Å². The highest BCUT2D eigenvalue weighted by Crippen LogP contribution is 2.35. The van der Waals surface area contributed by atoms with Crippen molar-refractivity contribution in [1.82, 2.24) is 15.1 Å². The molecule has 3 aromatic rings. The van der Waals surface area contributed by atoms with Gasteiger partial charge in [-0.15, -0.1) is 0 Å². The number of rotatable bonds is 11. The van der Waals surface area contributed by atoms with Gasteiger partial charge in [-0.2, -0.15) is 0 Å². The average molecular weight is 533 g/mol. The number of unbranched alkanes of at least 4 members (excludes halogenated alkanes) is 2. The Hall–Kier alpha value is -2.25. The van der Waals surface area contributed by atoms with Crippen LogP contribution in [-0.2, 0) is 4.79 Å². The highest BCUT2D eigenvalue weighted by Gasteiger charge is 2.18. The lowest BCUT2D eigenvalue weighted by Gasteiger charge is -2.34. The van der Waals surface area contributed by atoms with Crippen LogP contribution in [-0.4, -0.2) is 67.6 Å². The van der Waals surface area contributed by atoms with Crippen molar-refractivity contribution in [2.45, 2.75) is 39.2 Å². The number of amides is 1. The standard InChI is InChI=1S/C28H35Cl2N3O3/c1-20(2)31-28(34)18-33-13-11-32(12-14-33)10-4-3-5-15-35-22-7-8-23-24(19-36-27(23)17-22)21-6-9-25(29)26(30)16-21/h6-9,16-17,19-20H,3-5,10-15,18H2,1-2H3,(H,31,34). The number of carbonyl (C=O) groups is 1. The maximum absolute atomic E-state index is 11.9. The van der Waals surface area contributed by atoms with Crippen molar-refractivity contribution in [3.63, 3.8) is 0 Å². The van der Waals surface area contributed by atoms with Gasteiger partial charge in [0.25, 0.3) is 0 Å². The van der Waals surface area contributed by atoms with Crippen LogP contribution < -0.4 is 10.1 Å². The summed E-state index contributed by atoms with van der Waals surface area (Å²) in [6.07, 6.45) is 5.04. The van der Waals surface area contributed by atoms with Crippen molar-refractivity contribution in [2.75, 3.05) is 45.9 Å². The molecule has 4 rings (SSSR count).